The molecule has 4 rings (SSSR count). The fourth-order valence-electron chi connectivity index (χ4n) is 4.37. The Morgan fingerprint density at radius 2 is 1.30 bits per heavy atom. The molecule has 6 nitrogen and oxygen atoms in total. The van der Waals surface area contributed by atoms with Gasteiger partial charge in [0.25, 0.3) is 0 Å². The van der Waals surface area contributed by atoms with Crippen LogP contribution in [0.3, 0.4) is 0 Å². The Kier molecular flexibility index (Phi) is 8.32. The second-order valence-corrected chi connectivity index (χ2v) is 10.8. The van der Waals surface area contributed by atoms with Gasteiger partial charge in [0.05, 0.1) is 13.2 Å². The molecule has 0 N–H and O–H groups in total. The van der Waals surface area contributed by atoms with Crippen molar-refractivity contribution in [2.75, 3.05) is 19.4 Å². The van der Waals surface area contributed by atoms with Gasteiger partial charge in [-0.15, -0.1) is 5.10 Å². The lowest BCUT2D eigenvalue weighted by Gasteiger charge is -2.35. The van der Waals surface area contributed by atoms with Crippen molar-refractivity contribution in [2.24, 2.45) is 0 Å². The van der Waals surface area contributed by atoms with E-state index in [2.05, 4.69) is 10.1 Å². The zero-order valence-electron chi connectivity index (χ0n) is 20.8. The van der Waals surface area contributed by atoms with Crippen molar-refractivity contribution in [2.45, 2.75) is 31.7 Å². The van der Waals surface area contributed by atoms with Gasteiger partial charge >= 0.3 is 13.5 Å². The Labute approximate surface area is 215 Å². The predicted octanol–water partition coefficient (Wildman–Crippen LogP) is 6.87. The fourth-order valence-corrected chi connectivity index (χ4v) is 5.57. The number of nitrogens with zero attached hydrogens (tertiary/aromatic N) is 3. The molecule has 1 heterocycles. The Hall–Kier alpha value is -3.19. The molecule has 1 atom stereocenters. The average molecular weight is 526 g/mol. The molecule has 1 unspecified atom stereocenters. The quantitative estimate of drug-likeness (QED) is 0.149. The normalized spacial score (nSPS) is 13.8. The standard InChI is InChI=1S/C28H30F2N3O3P/c1-3-35-37(34,4-2)36-21-20-27(29,30)26-31-22-33(32-26)28(23-14-8-5-9-15-23,24-16-10-6-11-17-24)25-18-12-7-13-19-25/h5-19,22H,3-4,20-21H2,1-2H3. The summed E-state index contributed by atoms with van der Waals surface area (Å²) in [7, 11) is -3.40. The number of alkyl halides is 2. The van der Waals surface area contributed by atoms with Gasteiger partial charge < -0.3 is 9.05 Å². The highest BCUT2D eigenvalue weighted by molar-refractivity contribution is 7.53. The van der Waals surface area contributed by atoms with Gasteiger partial charge in [0.1, 0.15) is 11.9 Å². The molecule has 0 spiro atoms. The van der Waals surface area contributed by atoms with Crippen LogP contribution in [-0.2, 0) is 25.1 Å². The molecule has 4 aromatic rings. The van der Waals surface area contributed by atoms with Crippen molar-refractivity contribution in [3.05, 3.63) is 120 Å². The molecular weight excluding hydrogens is 495 g/mol. The third kappa shape index (κ3) is 5.57. The summed E-state index contributed by atoms with van der Waals surface area (Å²) >= 11 is 0. The van der Waals surface area contributed by atoms with Crippen LogP contribution in [0, 0.1) is 0 Å². The van der Waals surface area contributed by atoms with E-state index in [4.69, 9.17) is 9.05 Å². The maximum atomic E-state index is 15.3. The van der Waals surface area contributed by atoms with Crippen LogP contribution in [0.15, 0.2) is 97.3 Å². The van der Waals surface area contributed by atoms with E-state index >= 15 is 8.78 Å². The third-order valence-corrected chi connectivity index (χ3v) is 8.16. The van der Waals surface area contributed by atoms with E-state index in [1.165, 1.54) is 11.0 Å². The molecule has 0 saturated carbocycles. The van der Waals surface area contributed by atoms with Crippen LogP contribution >= 0.6 is 7.60 Å². The Balaban J connectivity index is 1.77. The van der Waals surface area contributed by atoms with Gasteiger partial charge in [-0.05, 0) is 23.6 Å². The van der Waals surface area contributed by atoms with Crippen molar-refractivity contribution in [1.29, 1.82) is 0 Å². The minimum atomic E-state index is -3.41. The molecule has 0 radical (unpaired) electrons. The lowest BCUT2D eigenvalue weighted by atomic mass is 9.77. The first-order valence-corrected chi connectivity index (χ1v) is 13.9. The zero-order valence-corrected chi connectivity index (χ0v) is 21.7. The van der Waals surface area contributed by atoms with Gasteiger partial charge in [0.2, 0.25) is 5.82 Å². The largest absolute Gasteiger partial charge is 0.330 e. The number of hydrogen-bond acceptors (Lipinski definition) is 5. The van der Waals surface area contributed by atoms with Gasteiger partial charge in [-0.3, -0.25) is 4.57 Å². The molecule has 0 aliphatic carbocycles. The monoisotopic (exact) mass is 525 g/mol. The highest BCUT2D eigenvalue weighted by Gasteiger charge is 2.43. The summed E-state index contributed by atoms with van der Waals surface area (Å²) in [5, 5.41) is 4.35. The first-order chi connectivity index (χ1) is 17.9. The lowest BCUT2D eigenvalue weighted by Crippen LogP contribution is -2.38. The van der Waals surface area contributed by atoms with Crippen molar-refractivity contribution in [1.82, 2.24) is 14.8 Å². The maximum absolute atomic E-state index is 15.3. The molecule has 0 aliphatic heterocycles. The van der Waals surface area contributed by atoms with Crippen LogP contribution in [-0.4, -0.2) is 34.1 Å². The van der Waals surface area contributed by atoms with E-state index in [0.717, 1.165) is 16.7 Å². The molecule has 0 amide bonds. The molecule has 0 fully saturated rings. The minimum Gasteiger partial charge on any atom is -0.309 e. The van der Waals surface area contributed by atoms with Crippen LogP contribution < -0.4 is 0 Å². The number of halogens is 2. The van der Waals surface area contributed by atoms with E-state index in [0.29, 0.717) is 0 Å². The van der Waals surface area contributed by atoms with Gasteiger partial charge in [0, 0.05) is 12.6 Å². The van der Waals surface area contributed by atoms with E-state index < -0.39 is 37.9 Å². The SMILES string of the molecule is CCOP(=O)(CC)OCCC(F)(F)c1ncn(C(c2ccccc2)(c2ccccc2)c2ccccc2)n1. The molecule has 0 bridgehead atoms. The fraction of sp³-hybridized carbons (Fsp3) is 0.286. The van der Waals surface area contributed by atoms with Gasteiger partial charge in [-0.2, -0.15) is 8.78 Å². The van der Waals surface area contributed by atoms with Crippen molar-refractivity contribution in [3.63, 3.8) is 0 Å². The van der Waals surface area contributed by atoms with Crippen molar-refractivity contribution >= 4 is 7.60 Å². The zero-order chi connectivity index (χ0) is 26.4. The second kappa shape index (κ2) is 11.5. The molecule has 194 valence electrons. The second-order valence-electron chi connectivity index (χ2n) is 8.45. The predicted molar refractivity (Wildman–Crippen MR) is 139 cm³/mol. The number of aromatic nitrogens is 3. The van der Waals surface area contributed by atoms with Gasteiger partial charge in [-0.25, -0.2) is 9.67 Å². The first kappa shape index (κ1) is 26.9. The van der Waals surface area contributed by atoms with Crippen LogP contribution in [0.25, 0.3) is 0 Å². The van der Waals surface area contributed by atoms with Gasteiger partial charge in [0.15, 0.2) is 0 Å². The molecule has 3 aromatic carbocycles. The van der Waals surface area contributed by atoms with Crippen LogP contribution in [0.1, 0.15) is 42.8 Å². The van der Waals surface area contributed by atoms with Crippen LogP contribution in [0.5, 0.6) is 0 Å². The summed E-state index contributed by atoms with van der Waals surface area (Å²) in [6, 6.07) is 28.8. The molecule has 1 aromatic heterocycles. The van der Waals surface area contributed by atoms with Crippen molar-refractivity contribution in [3.8, 4) is 0 Å². The minimum absolute atomic E-state index is 0.104. The molecule has 0 saturated heterocycles. The Bertz CT molecular complexity index is 1220. The first-order valence-electron chi connectivity index (χ1n) is 12.2. The van der Waals surface area contributed by atoms with E-state index in [1.807, 2.05) is 91.0 Å². The molecular formula is C28H30F2N3O3P. The smallest absolute Gasteiger partial charge is 0.309 e. The lowest BCUT2D eigenvalue weighted by molar-refractivity contribution is -0.0341. The average Bonchev–Trinajstić information content (AvgIpc) is 3.43. The van der Waals surface area contributed by atoms with Crippen LogP contribution in [0.4, 0.5) is 8.78 Å². The highest BCUT2D eigenvalue weighted by Crippen LogP contribution is 2.48. The summed E-state index contributed by atoms with van der Waals surface area (Å²) in [5.74, 6) is -4.04. The summed E-state index contributed by atoms with van der Waals surface area (Å²) in [4.78, 5) is 4.05. The topological polar surface area (TPSA) is 66.2 Å². The summed E-state index contributed by atoms with van der Waals surface area (Å²) in [6.45, 7) is 3.03. The third-order valence-electron chi connectivity index (χ3n) is 6.15. The number of hydrogen-bond donors (Lipinski definition) is 0. The molecule has 9 heteroatoms. The number of rotatable bonds is 12. The highest BCUT2D eigenvalue weighted by atomic mass is 31.2. The summed E-state index contributed by atoms with van der Waals surface area (Å²) in [5.41, 5.74) is 1.48. The van der Waals surface area contributed by atoms with E-state index in [1.54, 1.807) is 13.8 Å². The van der Waals surface area contributed by atoms with Crippen LogP contribution in [0.2, 0.25) is 0 Å². The number of benzene rings is 3. The van der Waals surface area contributed by atoms with Gasteiger partial charge in [-0.1, -0.05) is 97.9 Å². The van der Waals surface area contributed by atoms with Crippen molar-refractivity contribution < 1.29 is 22.4 Å². The summed E-state index contributed by atoms with van der Waals surface area (Å²) < 4.78 is 54.9. The molecule has 37 heavy (non-hydrogen) atoms. The van der Waals surface area contributed by atoms with E-state index in [9.17, 15) is 4.57 Å². The Morgan fingerprint density at radius 3 is 1.73 bits per heavy atom. The van der Waals surface area contributed by atoms with E-state index in [-0.39, 0.29) is 12.8 Å². The molecule has 0 aliphatic rings. The Morgan fingerprint density at radius 1 is 0.811 bits per heavy atom. The summed E-state index contributed by atoms with van der Waals surface area (Å²) in [6.07, 6.45) is 0.713. The maximum Gasteiger partial charge on any atom is 0.330 e.